The van der Waals surface area contributed by atoms with Gasteiger partial charge in [-0.2, -0.15) is 15.5 Å². The van der Waals surface area contributed by atoms with Crippen LogP contribution in [0.4, 0.5) is 20.6 Å². The van der Waals surface area contributed by atoms with Gasteiger partial charge in [0.05, 0.1) is 77.1 Å². The Morgan fingerprint density at radius 3 is 2.67 bits per heavy atom. The molecule has 13 nitrogen and oxygen atoms in total. The maximum atomic E-state index is 14.4. The van der Waals surface area contributed by atoms with Crippen LogP contribution in [0, 0.1) is 11.3 Å². The number of aliphatic hydroxyl groups is 1. The van der Waals surface area contributed by atoms with Crippen molar-refractivity contribution in [1.29, 1.82) is 5.26 Å². The smallest absolute Gasteiger partial charge is 0.409 e. The third kappa shape index (κ3) is 6.41. The first-order valence-corrected chi connectivity index (χ1v) is 13.7. The summed E-state index contributed by atoms with van der Waals surface area (Å²) in [5, 5.41) is 33.8. The highest BCUT2D eigenvalue weighted by Crippen LogP contribution is 2.29. The molecule has 1 fully saturated rings. The zero-order valence-electron chi connectivity index (χ0n) is 24.0. The van der Waals surface area contributed by atoms with Gasteiger partial charge in [0.1, 0.15) is 12.2 Å². The molecule has 0 unspecified atom stereocenters. The van der Waals surface area contributed by atoms with E-state index in [4.69, 9.17) is 4.74 Å². The minimum Gasteiger partial charge on any atom is -0.453 e. The molecular weight excluding hydrogens is 557 g/mol. The summed E-state index contributed by atoms with van der Waals surface area (Å²) in [7, 11) is 1.36. The molecule has 1 aliphatic heterocycles. The van der Waals surface area contributed by atoms with E-state index in [0.29, 0.717) is 59.8 Å². The summed E-state index contributed by atoms with van der Waals surface area (Å²) < 4.78 is 22.7. The van der Waals surface area contributed by atoms with Crippen molar-refractivity contribution in [2.24, 2.45) is 0 Å². The van der Waals surface area contributed by atoms with Crippen LogP contribution in [0.15, 0.2) is 49.1 Å². The maximum Gasteiger partial charge on any atom is 0.409 e. The number of nitrogens with one attached hydrogen (secondary N) is 2. The van der Waals surface area contributed by atoms with Crippen LogP contribution in [0.5, 0.6) is 0 Å². The Balaban J connectivity index is 1.42. The van der Waals surface area contributed by atoms with Crippen molar-refractivity contribution in [3.63, 3.8) is 0 Å². The van der Waals surface area contributed by atoms with E-state index in [1.54, 1.807) is 27.7 Å². The number of hydrogen-bond donors (Lipinski definition) is 3. The van der Waals surface area contributed by atoms with Crippen molar-refractivity contribution >= 4 is 28.9 Å². The number of amides is 2. The molecule has 14 heteroatoms. The van der Waals surface area contributed by atoms with Crippen LogP contribution in [0.1, 0.15) is 48.7 Å². The average molecular weight is 590 g/mol. The second-order valence-electron chi connectivity index (χ2n) is 10.9. The number of methoxy groups -OCH3 is 1. The maximum absolute atomic E-state index is 14.4. The van der Waals surface area contributed by atoms with E-state index in [0.717, 1.165) is 0 Å². The van der Waals surface area contributed by atoms with E-state index in [2.05, 4.69) is 31.9 Å². The molecule has 1 saturated heterocycles. The molecule has 224 valence electrons. The molecule has 0 aromatic carbocycles. The van der Waals surface area contributed by atoms with Crippen LogP contribution in [0.25, 0.3) is 16.9 Å². The van der Waals surface area contributed by atoms with Gasteiger partial charge in [-0.15, -0.1) is 0 Å². The first-order valence-electron chi connectivity index (χ1n) is 13.7. The Morgan fingerprint density at radius 1 is 1.21 bits per heavy atom. The number of carbonyl (C=O) groups is 2. The van der Waals surface area contributed by atoms with Gasteiger partial charge < -0.3 is 25.4 Å². The predicted molar refractivity (Wildman–Crippen MR) is 154 cm³/mol. The number of ether oxygens (including phenoxy) is 1. The summed E-state index contributed by atoms with van der Waals surface area (Å²) in [6.45, 7) is 3.38. The number of pyridine rings is 1. The summed E-state index contributed by atoms with van der Waals surface area (Å²) in [6, 6.07) is 9.16. The highest BCUT2D eigenvalue weighted by Gasteiger charge is 2.28. The monoisotopic (exact) mass is 589 g/mol. The van der Waals surface area contributed by atoms with Crippen molar-refractivity contribution in [2.75, 3.05) is 32.1 Å². The van der Waals surface area contributed by atoms with Crippen LogP contribution < -0.4 is 10.6 Å². The summed E-state index contributed by atoms with van der Waals surface area (Å²) >= 11 is 0. The van der Waals surface area contributed by atoms with E-state index >= 15 is 0 Å². The number of anilines is 2. The van der Waals surface area contributed by atoms with Crippen molar-refractivity contribution in [2.45, 2.75) is 44.5 Å². The second-order valence-corrected chi connectivity index (χ2v) is 10.9. The van der Waals surface area contributed by atoms with Gasteiger partial charge in [0.15, 0.2) is 0 Å². The third-order valence-corrected chi connectivity index (χ3v) is 7.40. The molecule has 1 aliphatic rings. The Morgan fingerprint density at radius 2 is 1.98 bits per heavy atom. The van der Waals surface area contributed by atoms with Gasteiger partial charge in [0.25, 0.3) is 5.91 Å². The van der Waals surface area contributed by atoms with Crippen LogP contribution in [0.2, 0.25) is 0 Å². The van der Waals surface area contributed by atoms with Crippen molar-refractivity contribution in [3.05, 3.63) is 60.2 Å². The van der Waals surface area contributed by atoms with Gasteiger partial charge >= 0.3 is 6.09 Å². The minimum atomic E-state index is -1.68. The Bertz CT molecular complexity index is 1680. The van der Waals surface area contributed by atoms with E-state index in [1.807, 2.05) is 23.0 Å². The number of alkyl halides is 1. The second kappa shape index (κ2) is 12.1. The number of nitriles is 1. The molecular formula is C29H32FN9O4. The standard InChI is InChI=1S/C29H32FN9O4/c1-29(2,42)26(30)16-33-27(40)22-15-32-24(25-5-4-21-10-18(12-31)13-35-39(21)25)11-23(22)36-19-14-34-38(17-19)20-6-8-37(9-7-20)28(41)43-3/h4-5,10-11,13-15,17,20,26,42H,6-9,16H2,1-3H3,(H,32,36)(H,33,40)/t26-/m1/s1. The molecule has 0 saturated carbocycles. The van der Waals surface area contributed by atoms with E-state index in [1.165, 1.54) is 33.4 Å². The largest absolute Gasteiger partial charge is 0.453 e. The van der Waals surface area contributed by atoms with Gasteiger partial charge in [0.2, 0.25) is 0 Å². The van der Waals surface area contributed by atoms with Crippen molar-refractivity contribution in [3.8, 4) is 17.5 Å². The summed E-state index contributed by atoms with van der Waals surface area (Å²) in [6.07, 6.45) is 5.69. The van der Waals surface area contributed by atoms with Gasteiger partial charge in [-0.1, -0.05) is 0 Å². The number of hydrogen-bond acceptors (Lipinski definition) is 9. The van der Waals surface area contributed by atoms with Crippen LogP contribution >= 0.6 is 0 Å². The van der Waals surface area contributed by atoms with E-state index < -0.39 is 17.7 Å². The predicted octanol–water partition coefficient (Wildman–Crippen LogP) is 3.45. The quantitative estimate of drug-likeness (QED) is 0.279. The number of carbonyl (C=O) groups excluding carboxylic acids is 2. The molecule has 4 aromatic rings. The molecule has 0 aliphatic carbocycles. The summed E-state index contributed by atoms with van der Waals surface area (Å²) in [5.41, 5.74) is 1.80. The molecule has 4 aromatic heterocycles. The number of halogens is 1. The molecule has 5 heterocycles. The Hall–Kier alpha value is -5.03. The lowest BCUT2D eigenvalue weighted by Gasteiger charge is -2.30. The fraction of sp³-hybridized carbons (Fsp3) is 0.379. The number of likely N-dealkylation sites (tertiary alicyclic amines) is 1. The molecule has 3 N–H and O–H groups in total. The highest BCUT2D eigenvalue weighted by molar-refractivity contribution is 6.00. The Labute approximate surface area is 246 Å². The molecule has 2 amide bonds. The number of nitrogens with zero attached hydrogens (tertiary/aromatic N) is 7. The molecule has 5 rings (SSSR count). The van der Waals surface area contributed by atoms with Crippen LogP contribution in [-0.2, 0) is 4.74 Å². The first kappa shape index (κ1) is 29.5. The van der Waals surface area contributed by atoms with E-state index in [-0.39, 0.29) is 24.2 Å². The zero-order chi connectivity index (χ0) is 30.7. The topological polar surface area (TPSA) is 163 Å². The molecule has 0 radical (unpaired) electrons. The van der Waals surface area contributed by atoms with Crippen LogP contribution in [-0.4, -0.2) is 84.9 Å². The lowest BCUT2D eigenvalue weighted by molar-refractivity contribution is -0.00177. The van der Waals surface area contributed by atoms with Gasteiger partial charge in [-0.3, -0.25) is 14.5 Å². The Kier molecular flexibility index (Phi) is 8.27. The zero-order valence-corrected chi connectivity index (χ0v) is 24.0. The SMILES string of the molecule is COC(=O)N1CCC(n2cc(Nc3cc(-c4ccc5cc(C#N)cnn45)ncc3C(=O)NC[C@@H](F)C(C)(C)O)cn2)CC1. The minimum absolute atomic E-state index is 0.0759. The molecule has 0 spiro atoms. The van der Waals surface area contributed by atoms with Crippen molar-refractivity contribution in [1.82, 2.24) is 34.6 Å². The van der Waals surface area contributed by atoms with Crippen LogP contribution in [0.3, 0.4) is 0 Å². The highest BCUT2D eigenvalue weighted by atomic mass is 19.1. The molecule has 1 atom stereocenters. The van der Waals surface area contributed by atoms with Crippen molar-refractivity contribution < 1.29 is 23.8 Å². The molecule has 43 heavy (non-hydrogen) atoms. The summed E-state index contributed by atoms with van der Waals surface area (Å²) in [4.78, 5) is 31.2. The number of rotatable bonds is 8. The van der Waals surface area contributed by atoms with E-state index in [9.17, 15) is 24.3 Å². The van der Waals surface area contributed by atoms with Gasteiger partial charge in [-0.05, 0) is 51.0 Å². The number of aromatic nitrogens is 5. The third-order valence-electron chi connectivity index (χ3n) is 7.40. The number of piperidine rings is 1. The van der Waals surface area contributed by atoms with Gasteiger partial charge in [0, 0.05) is 25.5 Å². The number of fused-ring (bicyclic) bond motifs is 1. The fourth-order valence-electron chi connectivity index (χ4n) is 4.86. The lowest BCUT2D eigenvalue weighted by Crippen LogP contribution is -2.42. The first-order chi connectivity index (χ1) is 20.6. The average Bonchev–Trinajstić information content (AvgIpc) is 3.65. The normalized spacial score (nSPS) is 14.7. The van der Waals surface area contributed by atoms with Gasteiger partial charge in [-0.25, -0.2) is 13.7 Å². The molecule has 0 bridgehead atoms. The lowest BCUT2D eigenvalue weighted by atomic mass is 10.0. The fourth-order valence-corrected chi connectivity index (χ4v) is 4.86. The summed E-state index contributed by atoms with van der Waals surface area (Å²) in [5.74, 6) is -0.576.